The van der Waals surface area contributed by atoms with E-state index in [1.165, 1.54) is 0 Å². The minimum atomic E-state index is -5.16. The molecule has 2 rings (SSSR count). The number of carboxylic acids is 1. The van der Waals surface area contributed by atoms with Crippen LogP contribution in [0.5, 0.6) is 0 Å². The Labute approximate surface area is 121 Å². The van der Waals surface area contributed by atoms with Gasteiger partial charge in [-0.3, -0.25) is 0 Å². The number of aromatic carboxylic acids is 1. The van der Waals surface area contributed by atoms with E-state index in [9.17, 15) is 26.7 Å². The first-order valence-electron chi connectivity index (χ1n) is 5.16. The molecule has 1 N–H and O–H groups in total. The molecule has 0 aliphatic heterocycles. The monoisotopic (exact) mass is 370 g/mol. The largest absolute Gasteiger partial charge is 0.478 e. The van der Waals surface area contributed by atoms with Crippen LogP contribution in [-0.4, -0.2) is 20.9 Å². The van der Waals surface area contributed by atoms with Crippen LogP contribution in [-0.2, 0) is 6.18 Å². The molecule has 0 aliphatic carbocycles. The van der Waals surface area contributed by atoms with E-state index in [-0.39, 0.29) is 9.15 Å². The third kappa shape index (κ3) is 2.75. The normalized spacial score (nSPS) is 11.7. The number of carbonyl (C=O) groups is 1. The number of halogens is 6. The van der Waals surface area contributed by atoms with Gasteiger partial charge in [-0.1, -0.05) is 15.9 Å². The van der Waals surface area contributed by atoms with Crippen LogP contribution in [0.15, 0.2) is 22.8 Å². The summed E-state index contributed by atoms with van der Waals surface area (Å²) in [6.07, 6.45) is -4.78. The molecule has 1 aromatic heterocycles. The summed E-state index contributed by atoms with van der Waals surface area (Å²) >= 11 is 2.78. The molecule has 10 heteroatoms. The van der Waals surface area contributed by atoms with Crippen LogP contribution < -0.4 is 0 Å². The quantitative estimate of drug-likeness (QED) is 0.821. The summed E-state index contributed by atoms with van der Waals surface area (Å²) < 4.78 is 66.2. The van der Waals surface area contributed by atoms with Crippen molar-refractivity contribution < 1.29 is 31.9 Å². The average molecular weight is 371 g/mol. The van der Waals surface area contributed by atoms with Crippen LogP contribution in [0.1, 0.15) is 16.1 Å². The molecule has 0 saturated carbocycles. The molecule has 0 radical (unpaired) electrons. The van der Waals surface area contributed by atoms with Gasteiger partial charge in [-0.15, -0.1) is 0 Å². The second kappa shape index (κ2) is 5.10. The molecule has 0 aliphatic rings. The first kappa shape index (κ1) is 15.4. The van der Waals surface area contributed by atoms with E-state index in [0.717, 1.165) is 12.1 Å². The standard InChI is InChI=1S/C11H4BrF5N2O2/c12-4-1-6(13)8(7(14)2-4)19-9(11(15,16)17)5(3-18-19)10(20)21/h1-3H,(H,20,21). The van der Waals surface area contributed by atoms with Crippen LogP contribution in [0.3, 0.4) is 0 Å². The van der Waals surface area contributed by atoms with Crippen molar-refractivity contribution in [3.05, 3.63) is 45.7 Å². The molecule has 0 spiro atoms. The first-order chi connectivity index (χ1) is 9.62. The summed E-state index contributed by atoms with van der Waals surface area (Å²) in [4.78, 5) is 10.8. The Morgan fingerprint density at radius 1 is 1.24 bits per heavy atom. The van der Waals surface area contributed by atoms with E-state index in [1.807, 2.05) is 0 Å². The van der Waals surface area contributed by atoms with Crippen molar-refractivity contribution in [3.63, 3.8) is 0 Å². The van der Waals surface area contributed by atoms with Crippen molar-refractivity contribution in [1.29, 1.82) is 0 Å². The fourth-order valence-electron chi connectivity index (χ4n) is 1.68. The first-order valence-corrected chi connectivity index (χ1v) is 5.95. The highest BCUT2D eigenvalue weighted by Crippen LogP contribution is 2.35. The van der Waals surface area contributed by atoms with Gasteiger partial charge >= 0.3 is 12.1 Å². The molecule has 0 amide bonds. The molecule has 4 nitrogen and oxygen atoms in total. The smallest absolute Gasteiger partial charge is 0.434 e. The number of carboxylic acid groups (broad SMARTS) is 1. The highest BCUT2D eigenvalue weighted by molar-refractivity contribution is 9.10. The van der Waals surface area contributed by atoms with Gasteiger partial charge in [-0.2, -0.15) is 18.3 Å². The van der Waals surface area contributed by atoms with Crippen LogP contribution in [0.25, 0.3) is 5.69 Å². The number of hydrogen-bond acceptors (Lipinski definition) is 2. The van der Waals surface area contributed by atoms with Crippen molar-refractivity contribution in [3.8, 4) is 5.69 Å². The van der Waals surface area contributed by atoms with E-state index in [0.29, 0.717) is 6.20 Å². The predicted octanol–water partition coefficient (Wildman–Crippen LogP) is 3.63. The fraction of sp³-hybridized carbons (Fsp3) is 0.0909. The lowest BCUT2D eigenvalue weighted by Gasteiger charge is -2.13. The van der Waals surface area contributed by atoms with Crippen LogP contribution in [0.2, 0.25) is 0 Å². The molecule has 1 heterocycles. The van der Waals surface area contributed by atoms with Crippen molar-refractivity contribution >= 4 is 21.9 Å². The highest BCUT2D eigenvalue weighted by Gasteiger charge is 2.41. The number of benzene rings is 1. The van der Waals surface area contributed by atoms with Gasteiger partial charge in [0.05, 0.1) is 6.20 Å². The fourth-order valence-corrected chi connectivity index (χ4v) is 2.09. The molecule has 0 fully saturated rings. The van der Waals surface area contributed by atoms with Crippen molar-refractivity contribution in [2.24, 2.45) is 0 Å². The van der Waals surface area contributed by atoms with Gasteiger partial charge in [0.25, 0.3) is 0 Å². The van der Waals surface area contributed by atoms with E-state index in [2.05, 4.69) is 21.0 Å². The maximum absolute atomic E-state index is 13.7. The summed E-state index contributed by atoms with van der Waals surface area (Å²) in [7, 11) is 0. The lowest BCUT2D eigenvalue weighted by molar-refractivity contribution is -0.143. The zero-order valence-corrected chi connectivity index (χ0v) is 11.3. The zero-order valence-electron chi connectivity index (χ0n) is 9.75. The third-order valence-electron chi connectivity index (χ3n) is 2.46. The van der Waals surface area contributed by atoms with Gasteiger partial charge in [-0.05, 0) is 12.1 Å². The second-order valence-electron chi connectivity index (χ2n) is 3.84. The molecule has 0 bridgehead atoms. The van der Waals surface area contributed by atoms with E-state index >= 15 is 0 Å². The Kier molecular flexibility index (Phi) is 3.74. The Hall–Kier alpha value is -1.97. The third-order valence-corrected chi connectivity index (χ3v) is 2.92. The van der Waals surface area contributed by atoms with Gasteiger partial charge in [0.15, 0.2) is 17.3 Å². The summed E-state index contributed by atoms with van der Waals surface area (Å²) in [5.41, 5.74) is -4.09. The molecule has 1 aromatic carbocycles. The second-order valence-corrected chi connectivity index (χ2v) is 4.76. The van der Waals surface area contributed by atoms with E-state index < -0.39 is 40.7 Å². The maximum Gasteiger partial charge on any atom is 0.434 e. The SMILES string of the molecule is O=C(O)c1cnn(-c2c(F)cc(Br)cc2F)c1C(F)(F)F. The van der Waals surface area contributed by atoms with Crippen LogP contribution in [0.4, 0.5) is 22.0 Å². The number of hydrogen-bond donors (Lipinski definition) is 1. The minimum absolute atomic E-state index is 0.0274. The van der Waals surface area contributed by atoms with Gasteiger partial charge < -0.3 is 5.11 Å². The number of nitrogens with zero attached hydrogens (tertiary/aromatic N) is 2. The predicted molar refractivity (Wildman–Crippen MR) is 63.1 cm³/mol. The van der Waals surface area contributed by atoms with Crippen molar-refractivity contribution in [2.45, 2.75) is 6.18 Å². The Morgan fingerprint density at radius 2 is 1.76 bits per heavy atom. The van der Waals surface area contributed by atoms with Crippen molar-refractivity contribution in [1.82, 2.24) is 9.78 Å². The van der Waals surface area contributed by atoms with E-state index in [4.69, 9.17) is 5.11 Å². The molecule has 112 valence electrons. The van der Waals surface area contributed by atoms with Crippen LogP contribution >= 0.6 is 15.9 Å². The topological polar surface area (TPSA) is 55.1 Å². The van der Waals surface area contributed by atoms with Crippen molar-refractivity contribution in [2.75, 3.05) is 0 Å². The van der Waals surface area contributed by atoms with Gasteiger partial charge in [0.1, 0.15) is 11.3 Å². The van der Waals surface area contributed by atoms with Gasteiger partial charge in [0.2, 0.25) is 0 Å². The van der Waals surface area contributed by atoms with E-state index in [1.54, 1.807) is 0 Å². The number of rotatable bonds is 2. The summed E-state index contributed by atoms with van der Waals surface area (Å²) in [6.45, 7) is 0. The zero-order chi connectivity index (χ0) is 15.9. The Morgan fingerprint density at radius 3 is 2.19 bits per heavy atom. The Bertz CT molecular complexity index is 703. The number of aromatic nitrogens is 2. The Balaban J connectivity index is 2.80. The van der Waals surface area contributed by atoms with Gasteiger partial charge in [0, 0.05) is 4.47 Å². The molecule has 2 aromatic rings. The highest BCUT2D eigenvalue weighted by atomic mass is 79.9. The maximum atomic E-state index is 13.7. The molecule has 0 unspecified atom stereocenters. The molecular formula is C11H4BrF5N2O2. The molecular weight excluding hydrogens is 367 g/mol. The number of alkyl halides is 3. The van der Waals surface area contributed by atoms with Gasteiger partial charge in [-0.25, -0.2) is 18.3 Å². The van der Waals surface area contributed by atoms with Crippen LogP contribution in [0, 0.1) is 11.6 Å². The lowest BCUT2D eigenvalue weighted by Crippen LogP contribution is -2.18. The summed E-state index contributed by atoms with van der Waals surface area (Å²) in [6, 6.07) is 1.47. The molecule has 0 atom stereocenters. The molecule has 21 heavy (non-hydrogen) atoms. The minimum Gasteiger partial charge on any atom is -0.478 e. The molecule has 0 saturated heterocycles. The average Bonchev–Trinajstić information content (AvgIpc) is 2.71. The summed E-state index contributed by atoms with van der Waals surface area (Å²) in [5.74, 6) is -4.56. The summed E-state index contributed by atoms with van der Waals surface area (Å²) in [5, 5.41) is 11.9. The lowest BCUT2D eigenvalue weighted by atomic mass is 10.2.